The number of benzene rings is 2. The summed E-state index contributed by atoms with van der Waals surface area (Å²) in [6, 6.07) is 19.3. The molecule has 1 atom stereocenters. The second-order valence-corrected chi connectivity index (χ2v) is 7.96. The van der Waals surface area contributed by atoms with Crippen LogP contribution < -0.4 is 0 Å². The first-order valence-electron chi connectivity index (χ1n) is 10.9. The van der Waals surface area contributed by atoms with Gasteiger partial charge in [-0.2, -0.15) is 0 Å². The Balaban J connectivity index is 1.65. The highest BCUT2D eigenvalue weighted by molar-refractivity contribution is 5.66. The van der Waals surface area contributed by atoms with Crippen molar-refractivity contribution < 1.29 is 14.6 Å². The molecular formula is C25H33NO3. The number of carboxylic acid groups (broad SMARTS) is 1. The lowest BCUT2D eigenvalue weighted by atomic mass is 9.98. The molecule has 1 saturated heterocycles. The Morgan fingerprint density at radius 1 is 1.07 bits per heavy atom. The second kappa shape index (κ2) is 11.1. The molecule has 0 saturated carbocycles. The van der Waals surface area contributed by atoms with Crippen LogP contribution >= 0.6 is 0 Å². The molecule has 1 heterocycles. The molecule has 1 N–H and O–H groups in total. The van der Waals surface area contributed by atoms with Crippen molar-refractivity contribution in [2.24, 2.45) is 0 Å². The van der Waals surface area contributed by atoms with Crippen LogP contribution in [0.5, 0.6) is 0 Å². The summed E-state index contributed by atoms with van der Waals surface area (Å²) in [5.41, 5.74) is 3.76. The quantitative estimate of drug-likeness (QED) is 0.610. The van der Waals surface area contributed by atoms with E-state index in [2.05, 4.69) is 60.4 Å². The third-order valence-electron chi connectivity index (χ3n) is 5.71. The van der Waals surface area contributed by atoms with Crippen molar-refractivity contribution >= 4 is 5.97 Å². The van der Waals surface area contributed by atoms with Gasteiger partial charge in [0.2, 0.25) is 0 Å². The number of ether oxygens (including phenoxy) is 1. The number of carbonyl (C=O) groups is 1. The number of unbranched alkanes of at least 4 members (excludes halogenated alkanes) is 1. The van der Waals surface area contributed by atoms with Gasteiger partial charge in [0.1, 0.15) is 6.10 Å². The van der Waals surface area contributed by atoms with Gasteiger partial charge in [0.05, 0.1) is 12.5 Å². The number of rotatable bonds is 10. The molecule has 1 aliphatic rings. The maximum absolute atomic E-state index is 10.8. The monoisotopic (exact) mass is 395 g/mol. The largest absolute Gasteiger partial charge is 0.481 e. The van der Waals surface area contributed by atoms with Gasteiger partial charge in [0, 0.05) is 19.6 Å². The summed E-state index contributed by atoms with van der Waals surface area (Å²) in [5.74, 6) is -0.727. The molecule has 4 heteroatoms. The Kier molecular flexibility index (Phi) is 8.26. The number of aliphatic carboxylic acids is 1. The molecule has 1 fully saturated rings. The van der Waals surface area contributed by atoms with Gasteiger partial charge in [-0.15, -0.1) is 0 Å². The first-order valence-corrected chi connectivity index (χ1v) is 10.9. The van der Waals surface area contributed by atoms with Crippen LogP contribution in [0.15, 0.2) is 54.6 Å². The third kappa shape index (κ3) is 6.69. The molecule has 29 heavy (non-hydrogen) atoms. The van der Waals surface area contributed by atoms with Gasteiger partial charge in [-0.05, 0) is 42.4 Å². The van der Waals surface area contributed by atoms with Gasteiger partial charge in [-0.1, -0.05) is 67.9 Å². The number of nitrogens with zero attached hydrogens (tertiary/aromatic N) is 1. The van der Waals surface area contributed by atoms with Crippen LogP contribution in [-0.2, 0) is 16.0 Å². The van der Waals surface area contributed by atoms with Crippen LogP contribution in [0.1, 0.15) is 61.8 Å². The van der Waals surface area contributed by atoms with Gasteiger partial charge < -0.3 is 14.7 Å². The number of hydrogen-bond acceptors (Lipinski definition) is 3. The molecule has 2 aromatic rings. The van der Waals surface area contributed by atoms with Gasteiger partial charge in [-0.25, -0.2) is 0 Å². The number of hydrogen-bond donors (Lipinski definition) is 1. The zero-order valence-electron chi connectivity index (χ0n) is 17.4. The fourth-order valence-corrected chi connectivity index (χ4v) is 3.93. The minimum absolute atomic E-state index is 0.0630. The minimum Gasteiger partial charge on any atom is -0.481 e. The molecule has 3 rings (SSSR count). The summed E-state index contributed by atoms with van der Waals surface area (Å²) in [4.78, 5) is 13.0. The number of aryl methyl sites for hydroxylation is 1. The average Bonchev–Trinajstić information content (AvgIpc) is 2.76. The predicted molar refractivity (Wildman–Crippen MR) is 116 cm³/mol. The van der Waals surface area contributed by atoms with E-state index in [9.17, 15) is 4.79 Å². The van der Waals surface area contributed by atoms with Crippen LogP contribution in [-0.4, -0.2) is 41.7 Å². The van der Waals surface area contributed by atoms with E-state index in [1.165, 1.54) is 29.5 Å². The molecule has 0 aliphatic carbocycles. The molecule has 1 unspecified atom stereocenters. The van der Waals surface area contributed by atoms with Crippen molar-refractivity contribution in [2.75, 3.05) is 19.6 Å². The van der Waals surface area contributed by atoms with Crippen molar-refractivity contribution in [3.05, 3.63) is 71.3 Å². The predicted octanol–water partition coefficient (Wildman–Crippen LogP) is 5.07. The molecule has 1 aliphatic heterocycles. The highest BCUT2D eigenvalue weighted by Gasteiger charge is 2.25. The molecule has 0 radical (unpaired) electrons. The van der Waals surface area contributed by atoms with Crippen molar-refractivity contribution in [1.29, 1.82) is 0 Å². The first-order chi connectivity index (χ1) is 14.2. The summed E-state index contributed by atoms with van der Waals surface area (Å²) in [6.07, 6.45) is 5.79. The summed E-state index contributed by atoms with van der Waals surface area (Å²) in [7, 11) is 0. The lowest BCUT2D eigenvalue weighted by molar-refractivity contribution is -0.137. The van der Waals surface area contributed by atoms with E-state index >= 15 is 0 Å². The molecule has 156 valence electrons. The van der Waals surface area contributed by atoms with Crippen molar-refractivity contribution in [3.8, 4) is 0 Å². The maximum Gasteiger partial charge on any atom is 0.304 e. The van der Waals surface area contributed by atoms with E-state index < -0.39 is 5.97 Å². The van der Waals surface area contributed by atoms with Crippen molar-refractivity contribution in [1.82, 2.24) is 4.90 Å². The first kappa shape index (κ1) is 21.5. The Bertz CT molecular complexity index is 736. The van der Waals surface area contributed by atoms with E-state index in [1.54, 1.807) is 0 Å². The van der Waals surface area contributed by atoms with Crippen LogP contribution in [0.4, 0.5) is 0 Å². The van der Waals surface area contributed by atoms with Crippen LogP contribution in [0.25, 0.3) is 0 Å². The van der Waals surface area contributed by atoms with E-state index in [0.717, 1.165) is 32.4 Å². The van der Waals surface area contributed by atoms with Crippen molar-refractivity contribution in [2.45, 2.75) is 57.7 Å². The zero-order chi connectivity index (χ0) is 20.5. The normalized spacial score (nSPS) is 16.6. The number of carboxylic acids is 1. The highest BCUT2D eigenvalue weighted by Crippen LogP contribution is 2.30. The zero-order valence-corrected chi connectivity index (χ0v) is 17.4. The van der Waals surface area contributed by atoms with Crippen LogP contribution in [0.2, 0.25) is 0 Å². The summed E-state index contributed by atoms with van der Waals surface area (Å²) >= 11 is 0. The standard InChI is InChI=1S/C25H33NO3/c1-2-3-7-20-10-12-22(13-11-20)25(21-8-5-4-6-9-21)29-23-14-17-26(18-15-23)19-16-24(27)28/h4-6,8-13,23,25H,2-3,7,14-19H2,1H3,(H,27,28). The van der Waals surface area contributed by atoms with Gasteiger partial charge in [0.25, 0.3) is 0 Å². The SMILES string of the molecule is CCCCc1ccc(C(OC2CCN(CCC(=O)O)CC2)c2ccccc2)cc1. The molecule has 0 aromatic heterocycles. The Morgan fingerprint density at radius 2 is 1.72 bits per heavy atom. The van der Waals surface area contributed by atoms with E-state index in [0.29, 0.717) is 6.54 Å². The van der Waals surface area contributed by atoms with E-state index in [4.69, 9.17) is 9.84 Å². The topological polar surface area (TPSA) is 49.8 Å². The molecule has 0 bridgehead atoms. The minimum atomic E-state index is -0.727. The Morgan fingerprint density at radius 3 is 2.34 bits per heavy atom. The maximum atomic E-state index is 10.8. The van der Waals surface area contributed by atoms with Gasteiger partial charge in [-0.3, -0.25) is 4.79 Å². The average molecular weight is 396 g/mol. The molecule has 0 spiro atoms. The van der Waals surface area contributed by atoms with E-state index in [1.807, 2.05) is 6.07 Å². The van der Waals surface area contributed by atoms with Gasteiger partial charge >= 0.3 is 5.97 Å². The number of likely N-dealkylation sites (tertiary alicyclic amines) is 1. The van der Waals surface area contributed by atoms with Crippen LogP contribution in [0.3, 0.4) is 0 Å². The fourth-order valence-electron chi connectivity index (χ4n) is 3.93. The lowest BCUT2D eigenvalue weighted by Gasteiger charge is -2.34. The molecule has 2 aromatic carbocycles. The summed E-state index contributed by atoms with van der Waals surface area (Å²) in [5, 5.41) is 8.88. The van der Waals surface area contributed by atoms with E-state index in [-0.39, 0.29) is 18.6 Å². The highest BCUT2D eigenvalue weighted by atomic mass is 16.5. The van der Waals surface area contributed by atoms with Crippen molar-refractivity contribution in [3.63, 3.8) is 0 Å². The molecule has 4 nitrogen and oxygen atoms in total. The lowest BCUT2D eigenvalue weighted by Crippen LogP contribution is -2.38. The molecular weight excluding hydrogens is 362 g/mol. The molecule has 0 amide bonds. The smallest absolute Gasteiger partial charge is 0.304 e. The van der Waals surface area contributed by atoms with Gasteiger partial charge in [0.15, 0.2) is 0 Å². The number of piperidine rings is 1. The third-order valence-corrected chi connectivity index (χ3v) is 5.71. The Hall–Kier alpha value is -2.17. The Labute approximate surface area is 174 Å². The fraction of sp³-hybridized carbons (Fsp3) is 0.480. The second-order valence-electron chi connectivity index (χ2n) is 7.96. The summed E-state index contributed by atoms with van der Waals surface area (Å²) < 4.78 is 6.62. The van der Waals surface area contributed by atoms with Crippen LogP contribution in [0, 0.1) is 0 Å². The summed E-state index contributed by atoms with van der Waals surface area (Å²) in [6.45, 7) is 4.65.